The maximum absolute atomic E-state index is 12.2. The van der Waals surface area contributed by atoms with Gasteiger partial charge in [-0.05, 0) is 39.2 Å². The molecular formula is C19H31N3O3S. The minimum absolute atomic E-state index is 0.0950. The first kappa shape index (κ1) is 20.6. The van der Waals surface area contributed by atoms with Gasteiger partial charge in [0.2, 0.25) is 0 Å². The lowest BCUT2D eigenvalue weighted by molar-refractivity contribution is -0.00478. The van der Waals surface area contributed by atoms with Crippen molar-refractivity contribution in [2.75, 3.05) is 13.1 Å². The Morgan fingerprint density at radius 2 is 2.23 bits per heavy atom. The number of rotatable bonds is 10. The van der Waals surface area contributed by atoms with Gasteiger partial charge < -0.3 is 19.7 Å². The number of hydrogen-bond donors (Lipinski definition) is 1. The molecule has 146 valence electrons. The summed E-state index contributed by atoms with van der Waals surface area (Å²) in [7, 11) is 0. The van der Waals surface area contributed by atoms with Crippen molar-refractivity contribution in [2.45, 2.75) is 65.7 Å². The van der Waals surface area contributed by atoms with Crippen LogP contribution < -0.4 is 10.1 Å². The van der Waals surface area contributed by atoms with Crippen molar-refractivity contribution in [1.29, 1.82) is 0 Å². The van der Waals surface area contributed by atoms with Crippen LogP contribution in [0.25, 0.3) is 0 Å². The summed E-state index contributed by atoms with van der Waals surface area (Å²) in [5, 5.41) is 3.40. The van der Waals surface area contributed by atoms with Gasteiger partial charge in [0.15, 0.2) is 5.88 Å². The molecule has 1 amide bonds. The van der Waals surface area contributed by atoms with Crippen molar-refractivity contribution in [3.05, 3.63) is 23.5 Å². The highest BCUT2D eigenvalue weighted by molar-refractivity contribution is 7.15. The van der Waals surface area contributed by atoms with Crippen molar-refractivity contribution >= 4 is 17.2 Å². The molecule has 1 atom stereocenters. The van der Waals surface area contributed by atoms with Crippen LogP contribution in [0.4, 0.5) is 0 Å². The summed E-state index contributed by atoms with van der Waals surface area (Å²) < 4.78 is 11.4. The molecule has 6 nitrogen and oxygen atoms in total. The van der Waals surface area contributed by atoms with E-state index in [2.05, 4.69) is 44.6 Å². The minimum atomic E-state index is -0.438. The molecule has 1 aromatic heterocycles. The van der Waals surface area contributed by atoms with Crippen LogP contribution >= 0.6 is 11.3 Å². The van der Waals surface area contributed by atoms with Crippen LogP contribution in [0.3, 0.4) is 0 Å². The first-order valence-electron chi connectivity index (χ1n) is 9.47. The predicted molar refractivity (Wildman–Crippen MR) is 104 cm³/mol. The molecule has 1 aliphatic heterocycles. The summed E-state index contributed by atoms with van der Waals surface area (Å²) in [4.78, 5) is 19.0. The van der Waals surface area contributed by atoms with E-state index in [9.17, 15) is 4.79 Å². The van der Waals surface area contributed by atoms with E-state index in [-0.39, 0.29) is 5.91 Å². The van der Waals surface area contributed by atoms with E-state index < -0.39 is 6.29 Å². The van der Waals surface area contributed by atoms with E-state index in [4.69, 9.17) is 9.47 Å². The number of hydrogen-bond acceptors (Lipinski definition) is 6. The smallest absolute Gasteiger partial charge is 0.277 e. The van der Waals surface area contributed by atoms with E-state index in [0.29, 0.717) is 35.1 Å². The van der Waals surface area contributed by atoms with Gasteiger partial charge in [-0.3, -0.25) is 4.79 Å². The summed E-state index contributed by atoms with van der Waals surface area (Å²) in [5.74, 6) is 1.27. The van der Waals surface area contributed by atoms with Crippen molar-refractivity contribution in [3.63, 3.8) is 0 Å². The summed E-state index contributed by atoms with van der Waals surface area (Å²) >= 11 is 1.24. The first-order valence-corrected chi connectivity index (χ1v) is 10.3. The third kappa shape index (κ3) is 5.62. The monoisotopic (exact) mass is 381 g/mol. The molecule has 1 N–H and O–H groups in total. The second-order valence-electron chi connectivity index (χ2n) is 6.88. The highest BCUT2D eigenvalue weighted by Crippen LogP contribution is 2.27. The molecule has 2 heterocycles. The fourth-order valence-corrected chi connectivity index (χ4v) is 3.71. The fourth-order valence-electron chi connectivity index (χ4n) is 2.99. The number of amides is 1. The largest absolute Gasteiger partial charge is 0.438 e. The Balaban J connectivity index is 1.76. The normalized spacial score (nSPS) is 17.1. The summed E-state index contributed by atoms with van der Waals surface area (Å²) in [5.41, 5.74) is 0. The van der Waals surface area contributed by atoms with Gasteiger partial charge in [-0.15, -0.1) is 0 Å². The van der Waals surface area contributed by atoms with Crippen LogP contribution in [0.2, 0.25) is 0 Å². The number of nitrogens with one attached hydrogen (secondary N) is 1. The van der Waals surface area contributed by atoms with E-state index in [1.807, 2.05) is 4.90 Å². The Morgan fingerprint density at radius 3 is 2.85 bits per heavy atom. The maximum atomic E-state index is 12.2. The molecule has 1 aromatic rings. The Morgan fingerprint density at radius 1 is 1.50 bits per heavy atom. The van der Waals surface area contributed by atoms with Crippen LogP contribution in [0.1, 0.15) is 63.0 Å². The minimum Gasteiger partial charge on any atom is -0.438 e. The van der Waals surface area contributed by atoms with Crippen LogP contribution in [0, 0.1) is 5.92 Å². The summed E-state index contributed by atoms with van der Waals surface area (Å²) in [6.45, 7) is 13.8. The van der Waals surface area contributed by atoms with Crippen molar-refractivity contribution in [3.8, 4) is 5.19 Å². The zero-order valence-electron chi connectivity index (χ0n) is 16.3. The molecule has 0 radical (unpaired) electrons. The fraction of sp³-hybridized carbons (Fsp3) is 0.684. The summed E-state index contributed by atoms with van der Waals surface area (Å²) in [6, 6.07) is 0.300. The number of nitrogens with zero attached hydrogens (tertiary/aromatic N) is 2. The number of aromatic nitrogens is 1. The summed E-state index contributed by atoms with van der Waals surface area (Å²) in [6.07, 6.45) is 5.67. The zero-order valence-corrected chi connectivity index (χ0v) is 17.1. The van der Waals surface area contributed by atoms with Gasteiger partial charge in [0.1, 0.15) is 4.88 Å². The van der Waals surface area contributed by atoms with Gasteiger partial charge in [-0.2, -0.15) is 0 Å². The lowest BCUT2D eigenvalue weighted by Crippen LogP contribution is -2.29. The van der Waals surface area contributed by atoms with Crippen LogP contribution in [-0.2, 0) is 4.74 Å². The standard InChI is InChI=1S/C19H31N3O3S/c1-6-15(7-2)9-8-10-20-18(23)16-11-21-19(26-16)25-17-12-22(13(3)4)14(5)24-17/h11,13,15,17H,5-10,12H2,1-4H3,(H,20,23). The second kappa shape index (κ2) is 9.80. The highest BCUT2D eigenvalue weighted by Gasteiger charge is 2.30. The van der Waals surface area contributed by atoms with E-state index in [0.717, 1.165) is 18.8 Å². The third-order valence-electron chi connectivity index (χ3n) is 4.73. The van der Waals surface area contributed by atoms with Crippen LogP contribution in [0.5, 0.6) is 5.19 Å². The molecule has 26 heavy (non-hydrogen) atoms. The molecule has 7 heteroatoms. The predicted octanol–water partition coefficient (Wildman–Crippen LogP) is 4.01. The molecule has 0 spiro atoms. The number of carbonyl (C=O) groups excluding carboxylic acids is 1. The molecule has 1 unspecified atom stereocenters. The first-order chi connectivity index (χ1) is 12.4. The van der Waals surface area contributed by atoms with Gasteiger partial charge in [0, 0.05) is 12.6 Å². The van der Waals surface area contributed by atoms with Gasteiger partial charge in [0.25, 0.3) is 17.4 Å². The Bertz CT molecular complexity index is 599. The topological polar surface area (TPSA) is 63.7 Å². The average Bonchev–Trinajstić information content (AvgIpc) is 3.22. The van der Waals surface area contributed by atoms with Gasteiger partial charge in [-0.1, -0.05) is 38.0 Å². The second-order valence-corrected chi connectivity index (χ2v) is 7.87. The maximum Gasteiger partial charge on any atom is 0.277 e. The lowest BCUT2D eigenvalue weighted by Gasteiger charge is -2.19. The Labute approximate surface area is 160 Å². The van der Waals surface area contributed by atoms with Gasteiger partial charge in [0.05, 0.1) is 12.7 Å². The quantitative estimate of drug-likeness (QED) is 0.621. The molecule has 0 bridgehead atoms. The van der Waals surface area contributed by atoms with Crippen LogP contribution in [-0.4, -0.2) is 41.2 Å². The Hall–Kier alpha value is -1.76. The Kier molecular flexibility index (Phi) is 7.75. The van der Waals surface area contributed by atoms with E-state index in [1.54, 1.807) is 6.20 Å². The number of carbonyl (C=O) groups is 1. The van der Waals surface area contributed by atoms with Gasteiger partial charge >= 0.3 is 0 Å². The molecular weight excluding hydrogens is 350 g/mol. The molecule has 1 saturated heterocycles. The van der Waals surface area contributed by atoms with E-state index in [1.165, 1.54) is 24.2 Å². The third-order valence-corrected chi connectivity index (χ3v) is 5.61. The molecule has 0 aromatic carbocycles. The molecule has 1 aliphatic rings. The van der Waals surface area contributed by atoms with E-state index >= 15 is 0 Å². The van der Waals surface area contributed by atoms with Crippen molar-refractivity contribution < 1.29 is 14.3 Å². The highest BCUT2D eigenvalue weighted by atomic mass is 32.1. The van der Waals surface area contributed by atoms with Crippen molar-refractivity contribution in [1.82, 2.24) is 15.2 Å². The van der Waals surface area contributed by atoms with Crippen molar-refractivity contribution in [2.24, 2.45) is 5.92 Å². The molecule has 1 fully saturated rings. The van der Waals surface area contributed by atoms with Crippen LogP contribution in [0.15, 0.2) is 18.7 Å². The number of ether oxygens (including phenoxy) is 2. The van der Waals surface area contributed by atoms with Gasteiger partial charge in [-0.25, -0.2) is 4.98 Å². The molecule has 0 saturated carbocycles. The number of thiazole rings is 1. The SMILES string of the molecule is C=C1OC(Oc2ncc(C(=O)NCCCC(CC)CC)s2)CN1C(C)C. The molecule has 0 aliphatic carbocycles. The molecule has 2 rings (SSSR count). The average molecular weight is 382 g/mol. The zero-order chi connectivity index (χ0) is 19.1. The lowest BCUT2D eigenvalue weighted by atomic mass is 9.98.